The summed E-state index contributed by atoms with van der Waals surface area (Å²) < 4.78 is 0. The van der Waals surface area contributed by atoms with Gasteiger partial charge in [-0.05, 0) is 12.0 Å². The van der Waals surface area contributed by atoms with Crippen LogP contribution in [-0.4, -0.2) is 12.0 Å². The van der Waals surface area contributed by atoms with E-state index in [4.69, 9.17) is 10.6 Å². The third-order valence-electron chi connectivity index (χ3n) is 2.38. The van der Waals surface area contributed by atoms with Gasteiger partial charge >= 0.3 is 5.97 Å². The summed E-state index contributed by atoms with van der Waals surface area (Å²) in [6.45, 7) is 2.29. The minimum Gasteiger partial charge on any atom is -0.318 e. The lowest BCUT2D eigenvalue weighted by Crippen LogP contribution is -2.32. The molecule has 0 aromatic heterocycles. The van der Waals surface area contributed by atoms with Crippen molar-refractivity contribution in [3.63, 3.8) is 0 Å². The number of unbranched alkanes of at least 4 members (excludes halogenated alkanes) is 1. The minimum atomic E-state index is -0.592. The number of hydrogen-bond acceptors (Lipinski definition) is 4. The summed E-state index contributed by atoms with van der Waals surface area (Å²) in [5.74, 6) is -0.505. The third-order valence-corrected chi connectivity index (χ3v) is 2.38. The van der Waals surface area contributed by atoms with E-state index in [1.807, 2.05) is 37.3 Å². The van der Waals surface area contributed by atoms with Gasteiger partial charge in [0, 0.05) is 0 Å². The normalized spacial score (nSPS) is 12.1. The molecule has 0 radical (unpaired) electrons. The highest BCUT2D eigenvalue weighted by Crippen LogP contribution is 2.03. The zero-order valence-electron chi connectivity index (χ0n) is 10.1. The van der Waals surface area contributed by atoms with Gasteiger partial charge in [-0.15, -0.1) is 0 Å². The van der Waals surface area contributed by atoms with Crippen LogP contribution in [0.3, 0.4) is 0 Å². The Bertz CT molecular complexity index is 327. The van der Waals surface area contributed by atoms with Gasteiger partial charge in [0.2, 0.25) is 0 Å². The molecule has 4 heteroatoms. The fourth-order valence-electron chi connectivity index (χ4n) is 1.33. The average molecular weight is 237 g/mol. The molecule has 2 N–H and O–H groups in total. The van der Waals surface area contributed by atoms with Gasteiger partial charge in [0.15, 0.2) is 0 Å². The molecule has 1 rings (SSSR count). The van der Waals surface area contributed by atoms with E-state index in [2.05, 4.69) is 4.89 Å². The smallest absolute Gasteiger partial charge is 0.318 e. The molecule has 0 spiro atoms. The molecule has 0 aliphatic heterocycles. The summed E-state index contributed by atoms with van der Waals surface area (Å²) >= 11 is 0. The predicted molar refractivity (Wildman–Crippen MR) is 64.8 cm³/mol. The molecular weight excluding hydrogens is 218 g/mol. The standard InChI is InChI=1S/C13H19NO3/c1-2-3-9-12(14)13(15)17-16-10-11-7-5-4-6-8-11/h4-8,12H,2-3,9-10,14H2,1H3. The van der Waals surface area contributed by atoms with E-state index in [9.17, 15) is 4.79 Å². The highest BCUT2D eigenvalue weighted by atomic mass is 17.2. The van der Waals surface area contributed by atoms with Crippen LogP contribution in [0.2, 0.25) is 0 Å². The first kappa shape index (κ1) is 13.7. The summed E-state index contributed by atoms with van der Waals surface area (Å²) in [6.07, 6.45) is 2.55. The largest absolute Gasteiger partial charge is 0.358 e. The van der Waals surface area contributed by atoms with E-state index in [1.54, 1.807) is 0 Å². The molecule has 0 aliphatic rings. The summed E-state index contributed by atoms with van der Waals surface area (Å²) in [5, 5.41) is 0. The number of carbonyl (C=O) groups is 1. The van der Waals surface area contributed by atoms with Gasteiger partial charge in [0.25, 0.3) is 0 Å². The monoisotopic (exact) mass is 237 g/mol. The first-order valence-corrected chi connectivity index (χ1v) is 5.87. The number of nitrogens with two attached hydrogens (primary N) is 1. The van der Waals surface area contributed by atoms with Crippen molar-refractivity contribution in [2.75, 3.05) is 0 Å². The minimum absolute atomic E-state index is 0.243. The lowest BCUT2D eigenvalue weighted by atomic mass is 10.1. The Kier molecular flexibility index (Phi) is 6.29. The molecule has 0 saturated heterocycles. The summed E-state index contributed by atoms with van der Waals surface area (Å²) in [6, 6.07) is 8.90. The topological polar surface area (TPSA) is 61.6 Å². The molecule has 0 heterocycles. The van der Waals surface area contributed by atoms with Crippen molar-refractivity contribution in [2.45, 2.75) is 38.8 Å². The van der Waals surface area contributed by atoms with Crippen molar-refractivity contribution in [1.29, 1.82) is 0 Å². The van der Waals surface area contributed by atoms with E-state index >= 15 is 0 Å². The van der Waals surface area contributed by atoms with Crippen LogP contribution >= 0.6 is 0 Å². The van der Waals surface area contributed by atoms with Crippen LogP contribution in [0.15, 0.2) is 30.3 Å². The second-order valence-corrected chi connectivity index (χ2v) is 3.90. The number of rotatable bonds is 7. The lowest BCUT2D eigenvalue weighted by Gasteiger charge is -2.09. The van der Waals surface area contributed by atoms with Crippen molar-refractivity contribution in [3.05, 3.63) is 35.9 Å². The molecule has 1 aromatic carbocycles. The SMILES string of the molecule is CCCCC(N)C(=O)OOCc1ccccc1. The molecule has 17 heavy (non-hydrogen) atoms. The van der Waals surface area contributed by atoms with Gasteiger partial charge in [0.05, 0.1) is 0 Å². The molecule has 1 unspecified atom stereocenters. The molecule has 0 aliphatic carbocycles. The highest BCUT2D eigenvalue weighted by molar-refractivity contribution is 5.74. The Hall–Kier alpha value is -1.39. The molecule has 0 saturated carbocycles. The van der Waals surface area contributed by atoms with Crippen LogP contribution in [0, 0.1) is 0 Å². The van der Waals surface area contributed by atoms with Crippen LogP contribution in [-0.2, 0) is 21.2 Å². The number of hydrogen-bond donors (Lipinski definition) is 1. The zero-order chi connectivity index (χ0) is 12.5. The Morgan fingerprint density at radius 3 is 2.71 bits per heavy atom. The molecule has 1 atom stereocenters. The van der Waals surface area contributed by atoms with Crippen LogP contribution in [0.25, 0.3) is 0 Å². The van der Waals surface area contributed by atoms with E-state index in [1.165, 1.54) is 0 Å². The van der Waals surface area contributed by atoms with Gasteiger partial charge in [0.1, 0.15) is 12.6 Å². The first-order chi connectivity index (χ1) is 8.24. The Morgan fingerprint density at radius 2 is 2.06 bits per heavy atom. The summed E-state index contributed by atoms with van der Waals surface area (Å²) in [7, 11) is 0. The Labute approximate surface area is 102 Å². The third kappa shape index (κ3) is 5.47. The van der Waals surface area contributed by atoms with Crippen LogP contribution in [0.4, 0.5) is 0 Å². The maximum atomic E-state index is 11.4. The molecule has 0 fully saturated rings. The Balaban J connectivity index is 2.20. The van der Waals surface area contributed by atoms with Crippen LogP contribution in [0.1, 0.15) is 31.7 Å². The van der Waals surface area contributed by atoms with Crippen molar-refractivity contribution in [1.82, 2.24) is 0 Å². The number of carbonyl (C=O) groups excluding carboxylic acids is 1. The second-order valence-electron chi connectivity index (χ2n) is 3.90. The van der Waals surface area contributed by atoms with E-state index in [0.29, 0.717) is 6.42 Å². The van der Waals surface area contributed by atoms with E-state index < -0.39 is 12.0 Å². The lowest BCUT2D eigenvalue weighted by molar-refractivity contribution is -0.281. The molecule has 0 bridgehead atoms. The second kappa shape index (κ2) is 7.81. The molecular formula is C13H19NO3. The maximum Gasteiger partial charge on any atom is 0.358 e. The molecule has 4 nitrogen and oxygen atoms in total. The maximum absolute atomic E-state index is 11.4. The first-order valence-electron chi connectivity index (χ1n) is 5.87. The van der Waals surface area contributed by atoms with Gasteiger partial charge in [-0.1, -0.05) is 50.1 Å². The quantitative estimate of drug-likeness (QED) is 0.583. The summed E-state index contributed by atoms with van der Waals surface area (Å²) in [5.41, 5.74) is 6.57. The van der Waals surface area contributed by atoms with Crippen LogP contribution in [0.5, 0.6) is 0 Å². The predicted octanol–water partition coefficient (Wildman–Crippen LogP) is 2.18. The van der Waals surface area contributed by atoms with Crippen LogP contribution < -0.4 is 5.73 Å². The summed E-state index contributed by atoms with van der Waals surface area (Å²) in [4.78, 5) is 20.9. The van der Waals surface area contributed by atoms with Crippen molar-refractivity contribution >= 4 is 5.97 Å². The van der Waals surface area contributed by atoms with Gasteiger partial charge in [-0.3, -0.25) is 4.89 Å². The van der Waals surface area contributed by atoms with Crippen molar-refractivity contribution in [2.24, 2.45) is 5.73 Å². The van der Waals surface area contributed by atoms with Gasteiger partial charge < -0.3 is 5.73 Å². The number of benzene rings is 1. The Morgan fingerprint density at radius 1 is 1.35 bits per heavy atom. The van der Waals surface area contributed by atoms with Gasteiger partial charge in [-0.2, -0.15) is 4.89 Å². The fraction of sp³-hybridized carbons (Fsp3) is 0.462. The van der Waals surface area contributed by atoms with E-state index in [0.717, 1.165) is 18.4 Å². The highest BCUT2D eigenvalue weighted by Gasteiger charge is 2.15. The molecule has 94 valence electrons. The molecule has 1 aromatic rings. The zero-order valence-corrected chi connectivity index (χ0v) is 10.1. The van der Waals surface area contributed by atoms with Crippen molar-refractivity contribution in [3.8, 4) is 0 Å². The van der Waals surface area contributed by atoms with E-state index in [-0.39, 0.29) is 6.61 Å². The molecule has 0 amide bonds. The fourth-order valence-corrected chi connectivity index (χ4v) is 1.33. The average Bonchev–Trinajstić information content (AvgIpc) is 2.37. The van der Waals surface area contributed by atoms with Gasteiger partial charge in [-0.25, -0.2) is 4.79 Å². The van der Waals surface area contributed by atoms with Crippen molar-refractivity contribution < 1.29 is 14.6 Å².